The summed E-state index contributed by atoms with van der Waals surface area (Å²) in [4.78, 5) is 10.6. The Labute approximate surface area is 77.8 Å². The van der Waals surface area contributed by atoms with Crippen molar-refractivity contribution in [2.45, 2.75) is 13.0 Å². The maximum absolute atomic E-state index is 11.2. The molecule has 0 aliphatic carbocycles. The van der Waals surface area contributed by atoms with Gasteiger partial charge in [0.1, 0.15) is 0 Å². The Hall–Kier alpha value is -0.620. The van der Waals surface area contributed by atoms with Gasteiger partial charge in [-0.15, -0.1) is 0 Å². The molecule has 2 N–H and O–H groups in total. The van der Waals surface area contributed by atoms with Gasteiger partial charge >= 0.3 is 0 Å². The van der Waals surface area contributed by atoms with Crippen LogP contribution in [0.15, 0.2) is 0 Å². The van der Waals surface area contributed by atoms with E-state index in [4.69, 9.17) is 0 Å². The van der Waals surface area contributed by atoms with Crippen molar-refractivity contribution in [1.29, 1.82) is 0 Å². The molecule has 1 amide bonds. The Balaban J connectivity index is 2.39. The molecule has 1 heterocycles. The third-order valence-electron chi connectivity index (χ3n) is 1.90. The topological polar surface area (TPSA) is 75.3 Å². The molecule has 1 fully saturated rings. The minimum absolute atomic E-state index is 0.118. The monoisotopic (exact) mass is 206 g/mol. The van der Waals surface area contributed by atoms with Crippen LogP contribution in [0.3, 0.4) is 0 Å². The van der Waals surface area contributed by atoms with Crippen LogP contribution in [0.2, 0.25) is 0 Å². The summed E-state index contributed by atoms with van der Waals surface area (Å²) in [5, 5.41) is 5.62. The summed E-state index contributed by atoms with van der Waals surface area (Å²) in [7, 11) is -2.89. The summed E-state index contributed by atoms with van der Waals surface area (Å²) < 4.78 is 22.3. The fraction of sp³-hybridized carbons (Fsp3) is 0.857. The Morgan fingerprint density at radius 2 is 2.31 bits per heavy atom. The second-order valence-corrected chi connectivity index (χ2v) is 5.43. The van der Waals surface area contributed by atoms with Gasteiger partial charge in [-0.2, -0.15) is 0 Å². The van der Waals surface area contributed by atoms with Gasteiger partial charge in [0.15, 0.2) is 9.84 Å². The zero-order chi connectivity index (χ0) is 9.90. The van der Waals surface area contributed by atoms with Crippen molar-refractivity contribution in [2.24, 2.45) is 0 Å². The molecule has 0 saturated carbocycles. The highest BCUT2D eigenvalue weighted by molar-refractivity contribution is 7.91. The fourth-order valence-electron chi connectivity index (χ4n) is 1.27. The van der Waals surface area contributed by atoms with Crippen LogP contribution in [0, 0.1) is 0 Å². The first-order valence-corrected chi connectivity index (χ1v) is 6.00. The lowest BCUT2D eigenvalue weighted by Crippen LogP contribution is -2.50. The van der Waals surface area contributed by atoms with Crippen molar-refractivity contribution < 1.29 is 13.2 Å². The third-order valence-corrected chi connectivity index (χ3v) is 3.63. The van der Waals surface area contributed by atoms with Gasteiger partial charge < -0.3 is 10.6 Å². The Bertz CT molecular complexity index is 286. The van der Waals surface area contributed by atoms with Crippen LogP contribution in [-0.4, -0.2) is 45.0 Å². The molecule has 1 aliphatic heterocycles. The van der Waals surface area contributed by atoms with E-state index in [1.54, 1.807) is 0 Å². The van der Waals surface area contributed by atoms with Gasteiger partial charge in [0.25, 0.3) is 0 Å². The molecule has 1 aliphatic rings. The number of nitrogens with one attached hydrogen (secondary N) is 2. The molecule has 76 valence electrons. The molecule has 0 spiro atoms. The van der Waals surface area contributed by atoms with Crippen LogP contribution >= 0.6 is 0 Å². The molecule has 0 radical (unpaired) electrons. The molecule has 1 atom stereocenters. The number of carbonyl (C=O) groups excluding carboxylic acids is 1. The van der Waals surface area contributed by atoms with Gasteiger partial charge in [-0.1, -0.05) is 0 Å². The fourth-order valence-corrected chi connectivity index (χ4v) is 2.71. The third kappa shape index (κ3) is 3.73. The highest BCUT2D eigenvalue weighted by Gasteiger charge is 2.23. The number of carbonyl (C=O) groups is 1. The summed E-state index contributed by atoms with van der Waals surface area (Å²) in [5.74, 6) is 0.182. The smallest absolute Gasteiger partial charge is 0.216 e. The summed E-state index contributed by atoms with van der Waals surface area (Å²) in [6.45, 7) is 2.28. The van der Waals surface area contributed by atoms with Gasteiger partial charge in [0.05, 0.1) is 11.5 Å². The van der Waals surface area contributed by atoms with Gasteiger partial charge in [-0.25, -0.2) is 8.42 Å². The number of hydrogen-bond acceptors (Lipinski definition) is 4. The van der Waals surface area contributed by atoms with Crippen LogP contribution in [0.5, 0.6) is 0 Å². The van der Waals surface area contributed by atoms with Crippen LogP contribution in [0.1, 0.15) is 6.92 Å². The molecule has 5 nitrogen and oxygen atoms in total. The van der Waals surface area contributed by atoms with E-state index in [9.17, 15) is 13.2 Å². The Morgan fingerprint density at radius 1 is 1.62 bits per heavy atom. The standard InChI is InChI=1S/C7H14N2O3S/c1-6(10)9-4-7-5-13(11,12)3-2-8-7/h7-8H,2-5H2,1H3,(H,9,10). The molecule has 0 bridgehead atoms. The maximum Gasteiger partial charge on any atom is 0.216 e. The van der Waals surface area contributed by atoms with E-state index in [1.165, 1.54) is 6.92 Å². The van der Waals surface area contributed by atoms with Gasteiger partial charge in [0, 0.05) is 26.1 Å². The summed E-state index contributed by atoms with van der Waals surface area (Å²) in [6.07, 6.45) is 0. The van der Waals surface area contributed by atoms with Crippen LogP contribution < -0.4 is 10.6 Å². The van der Waals surface area contributed by atoms with Crippen molar-refractivity contribution in [1.82, 2.24) is 10.6 Å². The minimum atomic E-state index is -2.89. The van der Waals surface area contributed by atoms with E-state index in [0.29, 0.717) is 13.1 Å². The molecule has 1 rings (SSSR count). The molecular formula is C7H14N2O3S. The lowest BCUT2D eigenvalue weighted by atomic mass is 10.3. The summed E-state index contributed by atoms with van der Waals surface area (Å²) in [6, 6.07) is -0.136. The van der Waals surface area contributed by atoms with E-state index < -0.39 is 9.84 Å². The maximum atomic E-state index is 11.2. The molecule has 13 heavy (non-hydrogen) atoms. The van der Waals surface area contributed by atoms with Crippen molar-refractivity contribution in [3.63, 3.8) is 0 Å². The molecule has 0 aromatic carbocycles. The first kappa shape index (κ1) is 10.5. The van der Waals surface area contributed by atoms with E-state index in [1.807, 2.05) is 0 Å². The predicted octanol–water partition coefficient (Wildman–Crippen LogP) is -1.49. The lowest BCUT2D eigenvalue weighted by molar-refractivity contribution is -0.119. The van der Waals surface area contributed by atoms with Crippen molar-refractivity contribution in [3.05, 3.63) is 0 Å². The molecule has 1 saturated heterocycles. The van der Waals surface area contributed by atoms with Gasteiger partial charge in [0.2, 0.25) is 5.91 Å². The largest absolute Gasteiger partial charge is 0.355 e. The van der Waals surface area contributed by atoms with Crippen LogP contribution in [0.25, 0.3) is 0 Å². The first-order valence-electron chi connectivity index (χ1n) is 4.18. The number of rotatable bonds is 2. The molecule has 6 heteroatoms. The molecule has 1 unspecified atom stereocenters. The molecule has 0 aromatic rings. The second-order valence-electron chi connectivity index (χ2n) is 3.20. The molecule has 0 aromatic heterocycles. The van der Waals surface area contributed by atoms with E-state index in [0.717, 1.165) is 0 Å². The van der Waals surface area contributed by atoms with Crippen LogP contribution in [0.4, 0.5) is 0 Å². The predicted molar refractivity (Wildman–Crippen MR) is 49.1 cm³/mol. The summed E-state index contributed by atoms with van der Waals surface area (Å²) in [5.41, 5.74) is 0. The lowest BCUT2D eigenvalue weighted by Gasteiger charge is -2.23. The average molecular weight is 206 g/mol. The number of hydrogen-bond donors (Lipinski definition) is 2. The zero-order valence-electron chi connectivity index (χ0n) is 7.54. The normalized spacial score (nSPS) is 26.7. The van der Waals surface area contributed by atoms with E-state index >= 15 is 0 Å². The summed E-state index contributed by atoms with van der Waals surface area (Å²) >= 11 is 0. The molecular weight excluding hydrogens is 192 g/mol. The highest BCUT2D eigenvalue weighted by Crippen LogP contribution is 1.99. The Kier molecular flexibility index (Phi) is 3.27. The average Bonchev–Trinajstić information content (AvgIpc) is 1.99. The van der Waals surface area contributed by atoms with E-state index in [-0.39, 0.29) is 23.5 Å². The quantitative estimate of drug-likeness (QED) is 0.577. The van der Waals surface area contributed by atoms with Crippen molar-refractivity contribution >= 4 is 15.7 Å². The zero-order valence-corrected chi connectivity index (χ0v) is 8.36. The SMILES string of the molecule is CC(=O)NCC1CS(=O)(=O)CCN1. The highest BCUT2D eigenvalue weighted by atomic mass is 32.2. The second kappa shape index (κ2) is 4.06. The van der Waals surface area contributed by atoms with E-state index in [2.05, 4.69) is 10.6 Å². The van der Waals surface area contributed by atoms with Gasteiger partial charge in [-0.05, 0) is 0 Å². The first-order chi connectivity index (χ1) is 5.99. The van der Waals surface area contributed by atoms with Crippen molar-refractivity contribution in [3.8, 4) is 0 Å². The number of sulfone groups is 1. The van der Waals surface area contributed by atoms with Crippen molar-refractivity contribution in [2.75, 3.05) is 24.6 Å². The number of amides is 1. The minimum Gasteiger partial charge on any atom is -0.355 e. The van der Waals surface area contributed by atoms with Crippen LogP contribution in [-0.2, 0) is 14.6 Å². The van der Waals surface area contributed by atoms with Gasteiger partial charge in [-0.3, -0.25) is 4.79 Å². The Morgan fingerprint density at radius 3 is 2.85 bits per heavy atom.